The molecule has 6 heteroatoms. The van der Waals surface area contributed by atoms with Crippen LogP contribution in [0.1, 0.15) is 6.92 Å². The van der Waals surface area contributed by atoms with Gasteiger partial charge >= 0.3 is 0 Å². The van der Waals surface area contributed by atoms with Crippen LogP contribution >= 0.6 is 0 Å². The predicted molar refractivity (Wildman–Crippen MR) is 35.0 cm³/mol. The molecule has 0 saturated carbocycles. The van der Waals surface area contributed by atoms with Crippen LogP contribution in [-0.2, 0) is 0 Å². The van der Waals surface area contributed by atoms with Crippen LogP contribution in [0.3, 0.4) is 0 Å². The molecule has 0 heterocycles. The van der Waals surface area contributed by atoms with Crippen LogP contribution in [-0.4, -0.2) is 38.0 Å². The molecule has 2 N–H and O–H groups in total. The van der Waals surface area contributed by atoms with Crippen molar-refractivity contribution < 1.29 is 23.4 Å². The topological polar surface area (TPSA) is 40.5 Å². The van der Waals surface area contributed by atoms with Gasteiger partial charge in [0.2, 0.25) is 0 Å². The summed E-state index contributed by atoms with van der Waals surface area (Å²) in [7, 11) is 1.50. The third-order valence-electron chi connectivity index (χ3n) is 0. The average Bonchev–Trinajstić information content (AvgIpc) is 1.99. The Morgan fingerprint density at radius 3 is 1.09 bits per heavy atom. The molecule has 0 rings (SSSR count). The Morgan fingerprint density at radius 1 is 1.09 bits per heavy atom. The molecule has 0 aromatic heterocycles. The summed E-state index contributed by atoms with van der Waals surface area (Å²) >= 11 is 0. The molecular weight excluding hydrogens is 416 g/mol. The monoisotopic (exact) mass is 431 g/mol. The van der Waals surface area contributed by atoms with E-state index in [9.17, 15) is 13.2 Å². The number of hydrogen-bond donors (Lipinski definition) is 2. The molecule has 0 atom stereocenters. The van der Waals surface area contributed by atoms with Crippen molar-refractivity contribution in [3.8, 4) is 0 Å². The standard InChI is InChI=1S/C2H5F.CH3FO.CH3F.CH4O.Rf/c1-2-3;2-1-3;2*1-2;/h2H2,1H3;3H,1H2;1H3;2H,1H3;. The Balaban J connectivity index is -0.0000000144. The molecule has 0 aromatic rings. The van der Waals surface area contributed by atoms with Crippen molar-refractivity contribution >= 4 is 0 Å². The van der Waals surface area contributed by atoms with Crippen molar-refractivity contribution in [3.05, 3.63) is 0 Å². The molecule has 0 unspecified atom stereocenters. The molecule has 70 valence electrons. The fraction of sp³-hybridized carbons (Fsp3) is 1.00. The Hall–Kier alpha value is -1.29. The van der Waals surface area contributed by atoms with Gasteiger partial charge < -0.3 is 10.2 Å². The summed E-state index contributed by atoms with van der Waals surface area (Å²) < 4.78 is 29.6. The summed E-state index contributed by atoms with van der Waals surface area (Å²) in [6.07, 6.45) is 0. The van der Waals surface area contributed by atoms with E-state index >= 15 is 0 Å². The summed E-state index contributed by atoms with van der Waals surface area (Å²) in [5.41, 5.74) is 0. The van der Waals surface area contributed by atoms with Gasteiger partial charge in [-0.15, -0.1) is 0 Å². The van der Waals surface area contributed by atoms with Gasteiger partial charge in [0, 0.05) is 7.11 Å². The Bertz CT molecular complexity index is 21.7. The largest absolute Gasteiger partial charge is 0.400 e. The third kappa shape index (κ3) is 236. The van der Waals surface area contributed by atoms with E-state index < -0.39 is 6.86 Å². The number of aliphatic hydroxyl groups excluding tert-OH is 2. The molecule has 0 bridgehead atoms. The zero-order valence-electron chi connectivity index (χ0n) is 7.15. The van der Waals surface area contributed by atoms with Crippen LogP contribution in [0.2, 0.25) is 0 Å². The van der Waals surface area contributed by atoms with Gasteiger partial charge in [-0.1, -0.05) is 0 Å². The minimum Gasteiger partial charge on any atom is -0.400 e. The average molecular weight is 431 g/mol. The molecule has 0 fully saturated rings. The van der Waals surface area contributed by atoms with Gasteiger partial charge in [0.05, 0.1) is 13.9 Å². The van der Waals surface area contributed by atoms with Crippen LogP contribution in [0, 0.1) is 0 Å². The van der Waals surface area contributed by atoms with Crippen LogP contribution in [0.15, 0.2) is 0 Å². The van der Waals surface area contributed by atoms with Crippen molar-refractivity contribution in [1.29, 1.82) is 0 Å². The summed E-state index contributed by atoms with van der Waals surface area (Å²) in [4.78, 5) is 0. The number of alkyl halides is 3. The van der Waals surface area contributed by atoms with Crippen molar-refractivity contribution in [2.45, 2.75) is 6.92 Å². The van der Waals surface area contributed by atoms with E-state index in [1.54, 1.807) is 0 Å². The molecule has 0 aromatic carbocycles. The Morgan fingerprint density at radius 2 is 1.09 bits per heavy atom. The summed E-state index contributed by atoms with van der Waals surface area (Å²) in [6, 6.07) is 0. The van der Waals surface area contributed by atoms with Gasteiger partial charge in [0.15, 0.2) is 6.86 Å². The summed E-state index contributed by atoms with van der Waals surface area (Å²) in [5, 5.41) is 13.9. The molecule has 2 nitrogen and oxygen atoms in total. The smallest absolute Gasteiger partial charge is 0.185 e. The molecule has 0 spiro atoms. The Labute approximate surface area is 59.3 Å². The first-order valence-corrected chi connectivity index (χ1v) is 2.38. The van der Waals surface area contributed by atoms with Gasteiger partial charge in [-0.2, -0.15) is 0 Å². The second-order valence-corrected chi connectivity index (χ2v) is 0.387. The minimum absolute atomic E-state index is 0. The quantitative estimate of drug-likeness (QED) is 0.603. The molecule has 0 saturated heterocycles. The number of hydrogen-bond acceptors (Lipinski definition) is 2. The summed E-state index contributed by atoms with van der Waals surface area (Å²) in [5.74, 6) is 0. The molecule has 0 amide bonds. The van der Waals surface area contributed by atoms with E-state index in [1.165, 1.54) is 6.92 Å². The van der Waals surface area contributed by atoms with Gasteiger partial charge in [-0.3, -0.25) is 8.78 Å². The van der Waals surface area contributed by atoms with Crippen LogP contribution < -0.4 is 0 Å². The molecule has 0 aliphatic carbocycles. The van der Waals surface area contributed by atoms with Gasteiger partial charge in [-0.05, 0) is 6.92 Å². The predicted octanol–water partition coefficient (Wildman–Crippen LogP) is 1.08. The molecule has 0 aliphatic rings. The second-order valence-electron chi connectivity index (χ2n) is 0.387. The first-order valence-electron chi connectivity index (χ1n) is 2.38. The fourth-order valence-corrected chi connectivity index (χ4v) is 0. The van der Waals surface area contributed by atoms with E-state index in [0.29, 0.717) is 7.18 Å². The van der Waals surface area contributed by atoms with Crippen LogP contribution in [0.4, 0.5) is 13.2 Å². The molecule has 0 radical (unpaired) electrons. The van der Waals surface area contributed by atoms with E-state index in [-0.39, 0.29) is 6.67 Å². The number of rotatable bonds is 0. The number of halogens is 3. The summed E-state index contributed by atoms with van der Waals surface area (Å²) in [6.45, 7) is -0.0417. The SMILES string of the molecule is CCF.CF.CO.OCF.[Rf]. The van der Waals surface area contributed by atoms with Gasteiger partial charge in [-0.25, -0.2) is 4.39 Å². The second kappa shape index (κ2) is 1030. The zero-order valence-corrected chi connectivity index (χ0v) is 13.5. The maximum absolute atomic E-state index is 10.3. The van der Waals surface area contributed by atoms with E-state index in [1.807, 2.05) is 0 Å². The Kier molecular flexibility index (Phi) is 3100. The van der Waals surface area contributed by atoms with Crippen molar-refractivity contribution in [2.75, 3.05) is 27.8 Å². The van der Waals surface area contributed by atoms with E-state index in [4.69, 9.17) is 10.2 Å². The first-order chi connectivity index (χ1) is 4.83. The van der Waals surface area contributed by atoms with Gasteiger partial charge in [0.25, 0.3) is 0 Å². The van der Waals surface area contributed by atoms with Crippen LogP contribution in [0.25, 0.3) is 0 Å². The molecule has 0 aliphatic heterocycles. The van der Waals surface area contributed by atoms with E-state index in [2.05, 4.69) is 0 Å². The molecular formula is C5H15F3O2Rf. The van der Waals surface area contributed by atoms with Gasteiger partial charge in [0.1, 0.15) is 0 Å². The van der Waals surface area contributed by atoms with E-state index in [0.717, 1.165) is 7.11 Å². The number of aliphatic hydroxyl groups is 2. The zero-order chi connectivity index (χ0) is 9.41. The third-order valence-corrected chi connectivity index (χ3v) is 0. The maximum Gasteiger partial charge on any atom is 0.185 e. The van der Waals surface area contributed by atoms with Crippen molar-refractivity contribution in [2.24, 2.45) is 0 Å². The molecule has 11 heavy (non-hydrogen) atoms. The first kappa shape index (κ1) is 33.2. The maximum atomic E-state index is 10.3. The van der Waals surface area contributed by atoms with Crippen molar-refractivity contribution in [1.82, 2.24) is 0 Å². The normalized spacial score (nSPS) is 4.36. The fourth-order valence-electron chi connectivity index (χ4n) is 0. The van der Waals surface area contributed by atoms with Crippen molar-refractivity contribution in [3.63, 3.8) is 0 Å². The minimum atomic E-state index is -1.25. The van der Waals surface area contributed by atoms with Crippen LogP contribution in [0.5, 0.6) is 0 Å².